The molecule has 0 radical (unpaired) electrons. The molecule has 0 bridgehead atoms. The van der Waals surface area contributed by atoms with Crippen molar-refractivity contribution in [2.24, 2.45) is 0 Å². The molecule has 0 fully saturated rings. The molecule has 0 atom stereocenters. The van der Waals surface area contributed by atoms with Gasteiger partial charge in [-0.1, -0.05) is 29.3 Å². The number of carbonyl (C=O) groups is 1. The molecule has 1 aromatic heterocycles. The van der Waals surface area contributed by atoms with Gasteiger partial charge in [0.1, 0.15) is 0 Å². The molecule has 0 aliphatic carbocycles. The number of hydrogen-bond donors (Lipinski definition) is 2. The second kappa shape index (κ2) is 5.92. The van der Waals surface area contributed by atoms with Crippen LogP contribution in [0.25, 0.3) is 0 Å². The van der Waals surface area contributed by atoms with E-state index in [9.17, 15) is 4.79 Å². The summed E-state index contributed by atoms with van der Waals surface area (Å²) in [4.78, 5) is 16.1. The van der Waals surface area contributed by atoms with E-state index in [-0.39, 0.29) is 6.03 Å². The molecule has 1 heterocycles. The summed E-state index contributed by atoms with van der Waals surface area (Å²) < 4.78 is 0. The molecule has 0 aliphatic heterocycles. The molecule has 0 aliphatic rings. The van der Waals surface area contributed by atoms with E-state index in [0.29, 0.717) is 10.7 Å². The number of anilines is 2. The standard InChI is InChI=1S/C15H16ClN3O/c1-9-4-6-12(7-5-9)18-15(20)19-13-8-17-11(3)14(16)10(13)2/h4-8H,1-3H3,(H2,18,19,20). The summed E-state index contributed by atoms with van der Waals surface area (Å²) >= 11 is 6.11. The van der Waals surface area contributed by atoms with Crippen LogP contribution in [-0.4, -0.2) is 11.0 Å². The van der Waals surface area contributed by atoms with Crippen molar-refractivity contribution in [1.29, 1.82) is 0 Å². The molecule has 0 unspecified atom stereocenters. The lowest BCUT2D eigenvalue weighted by Gasteiger charge is -2.11. The summed E-state index contributed by atoms with van der Waals surface area (Å²) in [6.07, 6.45) is 1.60. The van der Waals surface area contributed by atoms with E-state index in [1.165, 1.54) is 0 Å². The monoisotopic (exact) mass is 289 g/mol. The predicted molar refractivity (Wildman–Crippen MR) is 82.5 cm³/mol. The molecule has 4 nitrogen and oxygen atoms in total. The molecule has 104 valence electrons. The van der Waals surface area contributed by atoms with Crippen molar-refractivity contribution in [3.05, 3.63) is 52.3 Å². The highest BCUT2D eigenvalue weighted by Gasteiger charge is 2.09. The molecule has 0 spiro atoms. The summed E-state index contributed by atoms with van der Waals surface area (Å²) in [5, 5.41) is 6.07. The van der Waals surface area contributed by atoms with Crippen molar-refractivity contribution < 1.29 is 4.79 Å². The van der Waals surface area contributed by atoms with E-state index < -0.39 is 0 Å². The summed E-state index contributed by atoms with van der Waals surface area (Å²) in [5.41, 5.74) is 4.02. The van der Waals surface area contributed by atoms with Crippen LogP contribution in [0.3, 0.4) is 0 Å². The van der Waals surface area contributed by atoms with Gasteiger partial charge in [0.25, 0.3) is 0 Å². The summed E-state index contributed by atoms with van der Waals surface area (Å²) in [7, 11) is 0. The minimum Gasteiger partial charge on any atom is -0.308 e. The van der Waals surface area contributed by atoms with Crippen LogP contribution < -0.4 is 10.6 Å². The maximum Gasteiger partial charge on any atom is 0.323 e. The maximum atomic E-state index is 11.9. The van der Waals surface area contributed by atoms with E-state index >= 15 is 0 Å². The average Bonchev–Trinajstić information content (AvgIpc) is 2.42. The van der Waals surface area contributed by atoms with Gasteiger partial charge in [-0.15, -0.1) is 0 Å². The van der Waals surface area contributed by atoms with E-state index in [0.717, 1.165) is 22.5 Å². The fraction of sp³-hybridized carbons (Fsp3) is 0.200. The van der Waals surface area contributed by atoms with Gasteiger partial charge in [-0.2, -0.15) is 0 Å². The highest BCUT2D eigenvalue weighted by Crippen LogP contribution is 2.25. The fourth-order valence-electron chi connectivity index (χ4n) is 1.75. The SMILES string of the molecule is Cc1ccc(NC(=O)Nc2cnc(C)c(Cl)c2C)cc1. The largest absolute Gasteiger partial charge is 0.323 e. The number of amides is 2. The first kappa shape index (κ1) is 14.3. The molecule has 2 amide bonds. The third-order valence-corrected chi connectivity index (χ3v) is 3.55. The van der Waals surface area contributed by atoms with Crippen LogP contribution in [0.4, 0.5) is 16.2 Å². The molecule has 2 N–H and O–H groups in total. The van der Waals surface area contributed by atoms with Gasteiger partial charge in [-0.25, -0.2) is 4.79 Å². The molecule has 5 heteroatoms. The topological polar surface area (TPSA) is 54.0 Å². The maximum absolute atomic E-state index is 11.9. The quantitative estimate of drug-likeness (QED) is 0.866. The van der Waals surface area contributed by atoms with Crippen LogP contribution in [-0.2, 0) is 0 Å². The number of urea groups is 1. The van der Waals surface area contributed by atoms with Gasteiger partial charge in [-0.3, -0.25) is 4.98 Å². The summed E-state index contributed by atoms with van der Waals surface area (Å²) in [5.74, 6) is 0. The van der Waals surface area contributed by atoms with E-state index in [2.05, 4.69) is 15.6 Å². The van der Waals surface area contributed by atoms with Gasteiger partial charge < -0.3 is 10.6 Å². The minimum atomic E-state index is -0.321. The molecule has 0 saturated heterocycles. The van der Waals surface area contributed by atoms with Crippen LogP contribution in [0.2, 0.25) is 5.02 Å². The van der Waals surface area contributed by atoms with Gasteiger partial charge in [0, 0.05) is 5.69 Å². The number of nitrogens with zero attached hydrogens (tertiary/aromatic N) is 1. The Kier molecular flexibility index (Phi) is 4.25. The third kappa shape index (κ3) is 3.27. The Labute approximate surface area is 123 Å². The smallest absolute Gasteiger partial charge is 0.308 e. The van der Waals surface area contributed by atoms with Crippen LogP contribution in [0.1, 0.15) is 16.8 Å². The number of benzene rings is 1. The van der Waals surface area contributed by atoms with E-state index in [1.54, 1.807) is 6.20 Å². The van der Waals surface area contributed by atoms with Crippen LogP contribution in [0, 0.1) is 20.8 Å². The highest BCUT2D eigenvalue weighted by molar-refractivity contribution is 6.32. The first-order valence-corrected chi connectivity index (χ1v) is 6.61. The predicted octanol–water partition coefficient (Wildman–Crippen LogP) is 4.30. The first-order valence-electron chi connectivity index (χ1n) is 6.23. The highest BCUT2D eigenvalue weighted by atomic mass is 35.5. The molecule has 20 heavy (non-hydrogen) atoms. The Morgan fingerprint density at radius 3 is 2.40 bits per heavy atom. The normalized spacial score (nSPS) is 10.2. The Morgan fingerprint density at radius 2 is 1.75 bits per heavy atom. The van der Waals surface area contributed by atoms with Gasteiger partial charge >= 0.3 is 6.03 Å². The number of hydrogen-bond acceptors (Lipinski definition) is 2. The fourth-order valence-corrected chi connectivity index (χ4v) is 1.90. The lowest BCUT2D eigenvalue weighted by Crippen LogP contribution is -2.20. The number of pyridine rings is 1. The van der Waals surface area contributed by atoms with E-state index in [4.69, 9.17) is 11.6 Å². The second-order valence-electron chi connectivity index (χ2n) is 4.64. The van der Waals surface area contributed by atoms with Crippen LogP contribution in [0.5, 0.6) is 0 Å². The number of aryl methyl sites for hydroxylation is 2. The molecular formula is C15H16ClN3O. The van der Waals surface area contributed by atoms with Crippen molar-refractivity contribution in [3.63, 3.8) is 0 Å². The molecule has 1 aromatic carbocycles. The van der Waals surface area contributed by atoms with Crippen molar-refractivity contribution in [2.45, 2.75) is 20.8 Å². The first-order chi connectivity index (χ1) is 9.47. The zero-order chi connectivity index (χ0) is 14.7. The minimum absolute atomic E-state index is 0.321. The molecule has 0 saturated carbocycles. The van der Waals surface area contributed by atoms with Gasteiger partial charge in [-0.05, 0) is 38.5 Å². The molecule has 2 aromatic rings. The van der Waals surface area contributed by atoms with E-state index in [1.807, 2.05) is 45.0 Å². The number of rotatable bonds is 2. The average molecular weight is 290 g/mol. The molecular weight excluding hydrogens is 274 g/mol. The number of aromatic nitrogens is 1. The second-order valence-corrected chi connectivity index (χ2v) is 5.02. The summed E-state index contributed by atoms with van der Waals surface area (Å²) in [6, 6.07) is 7.25. The lowest BCUT2D eigenvalue weighted by molar-refractivity contribution is 0.262. The third-order valence-electron chi connectivity index (χ3n) is 3.00. The molecule has 2 rings (SSSR count). The number of nitrogens with one attached hydrogen (secondary N) is 2. The van der Waals surface area contributed by atoms with Crippen molar-refractivity contribution in [1.82, 2.24) is 4.98 Å². The summed E-state index contributed by atoms with van der Waals surface area (Å²) in [6.45, 7) is 5.66. The zero-order valence-corrected chi connectivity index (χ0v) is 12.4. The zero-order valence-electron chi connectivity index (χ0n) is 11.6. The van der Waals surface area contributed by atoms with Crippen molar-refractivity contribution >= 4 is 29.0 Å². The van der Waals surface area contributed by atoms with Crippen LogP contribution >= 0.6 is 11.6 Å². The van der Waals surface area contributed by atoms with Crippen molar-refractivity contribution in [2.75, 3.05) is 10.6 Å². The Morgan fingerprint density at radius 1 is 1.10 bits per heavy atom. The number of halogens is 1. The van der Waals surface area contributed by atoms with Gasteiger partial charge in [0.15, 0.2) is 0 Å². The lowest BCUT2D eigenvalue weighted by atomic mass is 10.2. The van der Waals surface area contributed by atoms with Gasteiger partial charge in [0.2, 0.25) is 0 Å². The Bertz CT molecular complexity index is 638. The van der Waals surface area contributed by atoms with Gasteiger partial charge in [0.05, 0.1) is 22.6 Å². The van der Waals surface area contributed by atoms with Crippen LogP contribution in [0.15, 0.2) is 30.5 Å². The Hall–Kier alpha value is -2.07. The van der Waals surface area contributed by atoms with Crippen molar-refractivity contribution in [3.8, 4) is 0 Å². The Balaban J connectivity index is 2.08. The number of carbonyl (C=O) groups excluding carboxylic acids is 1.